The van der Waals surface area contributed by atoms with Crippen LogP contribution in [0.15, 0.2) is 12.3 Å². The molecule has 0 aromatic carbocycles. The molecule has 0 aliphatic carbocycles. The molecule has 0 unspecified atom stereocenters. The van der Waals surface area contributed by atoms with Crippen molar-refractivity contribution in [1.82, 2.24) is 9.97 Å². The number of hydrogen-bond acceptors (Lipinski definition) is 6. The Kier molecular flexibility index (Phi) is 5.23. The van der Waals surface area contributed by atoms with Crippen molar-refractivity contribution in [2.45, 2.75) is 13.8 Å². The molecule has 19 heavy (non-hydrogen) atoms. The van der Waals surface area contributed by atoms with Crippen molar-refractivity contribution in [2.75, 3.05) is 25.1 Å². The first-order valence-electron chi connectivity index (χ1n) is 5.82. The van der Waals surface area contributed by atoms with E-state index in [2.05, 4.69) is 14.7 Å². The first-order valence-corrected chi connectivity index (χ1v) is 5.82. The van der Waals surface area contributed by atoms with Gasteiger partial charge in [0.1, 0.15) is 12.4 Å². The minimum Gasteiger partial charge on any atom is -0.480 e. The summed E-state index contributed by atoms with van der Waals surface area (Å²) in [6, 6.07) is 1.57. The lowest BCUT2D eigenvalue weighted by Crippen LogP contribution is -2.34. The summed E-state index contributed by atoms with van der Waals surface area (Å²) >= 11 is 0. The molecular weight excluding hydrogens is 250 g/mol. The Bertz CT molecular complexity index is 462. The molecule has 0 saturated carbocycles. The number of carboxylic acids is 1. The molecule has 1 aromatic heterocycles. The van der Waals surface area contributed by atoms with E-state index in [9.17, 15) is 9.59 Å². The van der Waals surface area contributed by atoms with E-state index < -0.39 is 11.9 Å². The van der Waals surface area contributed by atoms with E-state index in [1.807, 2.05) is 13.8 Å². The Balaban J connectivity index is 3.00. The molecule has 1 rings (SSSR count). The smallest absolute Gasteiger partial charge is 0.376 e. The molecule has 1 heterocycles. The van der Waals surface area contributed by atoms with E-state index in [1.54, 1.807) is 11.0 Å². The maximum atomic E-state index is 11.4. The minimum atomic E-state index is -0.959. The van der Waals surface area contributed by atoms with Crippen molar-refractivity contribution < 1.29 is 19.4 Å². The van der Waals surface area contributed by atoms with Gasteiger partial charge in [0, 0.05) is 12.7 Å². The van der Waals surface area contributed by atoms with E-state index in [1.165, 1.54) is 13.3 Å². The summed E-state index contributed by atoms with van der Waals surface area (Å²) in [5, 5.41) is 8.91. The van der Waals surface area contributed by atoms with Crippen LogP contribution in [0, 0.1) is 5.92 Å². The predicted molar refractivity (Wildman–Crippen MR) is 68.1 cm³/mol. The van der Waals surface area contributed by atoms with Gasteiger partial charge in [0.25, 0.3) is 0 Å². The lowest BCUT2D eigenvalue weighted by atomic mass is 10.2. The lowest BCUT2D eigenvalue weighted by Gasteiger charge is -2.23. The molecule has 0 fully saturated rings. The molecule has 0 atom stereocenters. The molecule has 0 aliphatic rings. The third-order valence-electron chi connectivity index (χ3n) is 2.24. The standard InChI is InChI=1S/C12H17N3O4/c1-8(2)6-15(7-10(16)17)9-4-5-13-11(14-9)12(18)19-3/h4-5,8H,6-7H2,1-3H3,(H,16,17). The number of aromatic nitrogens is 2. The molecule has 0 amide bonds. The number of anilines is 1. The maximum absolute atomic E-state index is 11.4. The number of carboxylic acid groups (broad SMARTS) is 1. The summed E-state index contributed by atoms with van der Waals surface area (Å²) in [5.41, 5.74) is 0. The Morgan fingerprint density at radius 3 is 2.68 bits per heavy atom. The summed E-state index contributed by atoms with van der Waals surface area (Å²) in [7, 11) is 1.24. The zero-order chi connectivity index (χ0) is 14.4. The van der Waals surface area contributed by atoms with E-state index in [-0.39, 0.29) is 18.3 Å². The molecule has 7 heteroatoms. The molecule has 0 radical (unpaired) electrons. The monoisotopic (exact) mass is 267 g/mol. The Labute approximate surface area is 111 Å². The van der Waals surface area contributed by atoms with Crippen molar-refractivity contribution >= 4 is 17.8 Å². The summed E-state index contributed by atoms with van der Waals surface area (Å²) in [5.74, 6) is -1.04. The summed E-state index contributed by atoms with van der Waals surface area (Å²) < 4.78 is 4.53. The number of methoxy groups -OCH3 is 1. The predicted octanol–water partition coefficient (Wildman–Crippen LogP) is 0.810. The quantitative estimate of drug-likeness (QED) is 0.762. The summed E-state index contributed by atoms with van der Waals surface area (Å²) in [6.45, 7) is 4.27. The first-order chi connectivity index (χ1) is 8.93. The second-order valence-electron chi connectivity index (χ2n) is 4.40. The average molecular weight is 267 g/mol. The highest BCUT2D eigenvalue weighted by atomic mass is 16.5. The molecule has 7 nitrogen and oxygen atoms in total. The Morgan fingerprint density at radius 1 is 1.47 bits per heavy atom. The largest absolute Gasteiger partial charge is 0.480 e. The van der Waals surface area contributed by atoms with Gasteiger partial charge >= 0.3 is 11.9 Å². The van der Waals surface area contributed by atoms with Crippen LogP contribution < -0.4 is 4.90 Å². The number of esters is 1. The number of nitrogens with zero attached hydrogens (tertiary/aromatic N) is 3. The third kappa shape index (κ3) is 4.53. The van der Waals surface area contributed by atoms with Crippen LogP contribution in [-0.2, 0) is 9.53 Å². The lowest BCUT2D eigenvalue weighted by molar-refractivity contribution is -0.135. The van der Waals surface area contributed by atoms with Gasteiger partial charge in [-0.05, 0) is 12.0 Å². The molecule has 0 bridgehead atoms. The van der Waals surface area contributed by atoms with Gasteiger partial charge in [0.15, 0.2) is 0 Å². The van der Waals surface area contributed by atoms with Crippen molar-refractivity contribution in [3.05, 3.63) is 18.1 Å². The summed E-state index contributed by atoms with van der Waals surface area (Å²) in [4.78, 5) is 31.6. The normalized spacial score (nSPS) is 10.3. The van der Waals surface area contributed by atoms with Gasteiger partial charge in [-0.3, -0.25) is 4.79 Å². The first kappa shape index (κ1) is 14.9. The summed E-state index contributed by atoms with van der Waals surface area (Å²) in [6.07, 6.45) is 1.41. The number of carbonyl (C=O) groups is 2. The molecule has 0 saturated heterocycles. The van der Waals surface area contributed by atoms with Crippen LogP contribution >= 0.6 is 0 Å². The number of ether oxygens (including phenoxy) is 1. The molecule has 104 valence electrons. The fraction of sp³-hybridized carbons (Fsp3) is 0.500. The zero-order valence-electron chi connectivity index (χ0n) is 11.2. The van der Waals surface area contributed by atoms with Gasteiger partial charge < -0.3 is 14.7 Å². The van der Waals surface area contributed by atoms with Crippen molar-refractivity contribution in [2.24, 2.45) is 5.92 Å². The third-order valence-corrected chi connectivity index (χ3v) is 2.24. The Hall–Kier alpha value is -2.18. The van der Waals surface area contributed by atoms with Crippen molar-refractivity contribution in [3.63, 3.8) is 0 Å². The van der Waals surface area contributed by atoms with Gasteiger partial charge in [-0.25, -0.2) is 14.8 Å². The van der Waals surface area contributed by atoms with E-state index in [0.29, 0.717) is 12.4 Å². The average Bonchev–Trinajstić information content (AvgIpc) is 2.36. The van der Waals surface area contributed by atoms with Crippen LogP contribution in [-0.4, -0.2) is 47.2 Å². The molecule has 0 aliphatic heterocycles. The minimum absolute atomic E-state index is 0.0841. The molecule has 0 spiro atoms. The van der Waals surface area contributed by atoms with Crippen LogP contribution in [0.2, 0.25) is 0 Å². The highest BCUT2D eigenvalue weighted by Gasteiger charge is 2.16. The molecule has 1 N–H and O–H groups in total. The van der Waals surface area contributed by atoms with E-state index >= 15 is 0 Å². The van der Waals surface area contributed by atoms with Crippen LogP contribution in [0.3, 0.4) is 0 Å². The molecular formula is C12H17N3O4. The number of rotatable bonds is 6. The number of carbonyl (C=O) groups excluding carboxylic acids is 1. The fourth-order valence-electron chi connectivity index (χ4n) is 1.56. The molecule has 1 aromatic rings. The number of hydrogen-bond donors (Lipinski definition) is 1. The van der Waals surface area contributed by atoms with Gasteiger partial charge in [0.2, 0.25) is 5.82 Å². The van der Waals surface area contributed by atoms with E-state index in [4.69, 9.17) is 5.11 Å². The van der Waals surface area contributed by atoms with Gasteiger partial charge in [-0.1, -0.05) is 13.8 Å². The second kappa shape index (κ2) is 6.67. The van der Waals surface area contributed by atoms with Crippen molar-refractivity contribution in [1.29, 1.82) is 0 Å². The van der Waals surface area contributed by atoms with Crippen LogP contribution in [0.25, 0.3) is 0 Å². The highest BCUT2D eigenvalue weighted by molar-refractivity contribution is 5.85. The maximum Gasteiger partial charge on any atom is 0.376 e. The van der Waals surface area contributed by atoms with Crippen LogP contribution in [0.1, 0.15) is 24.5 Å². The van der Waals surface area contributed by atoms with Gasteiger partial charge in [-0.2, -0.15) is 0 Å². The van der Waals surface area contributed by atoms with Gasteiger partial charge in [0.05, 0.1) is 7.11 Å². The van der Waals surface area contributed by atoms with E-state index in [0.717, 1.165) is 0 Å². The fourth-order valence-corrected chi connectivity index (χ4v) is 1.56. The number of aliphatic carboxylic acids is 1. The second-order valence-corrected chi connectivity index (χ2v) is 4.40. The SMILES string of the molecule is COC(=O)c1nccc(N(CC(=O)O)CC(C)C)n1. The van der Waals surface area contributed by atoms with Gasteiger partial charge in [-0.15, -0.1) is 0 Å². The Morgan fingerprint density at radius 2 is 2.16 bits per heavy atom. The van der Waals surface area contributed by atoms with Crippen LogP contribution in [0.4, 0.5) is 5.82 Å². The van der Waals surface area contributed by atoms with Crippen LogP contribution in [0.5, 0.6) is 0 Å². The highest BCUT2D eigenvalue weighted by Crippen LogP contribution is 2.12. The van der Waals surface area contributed by atoms with Crippen molar-refractivity contribution in [3.8, 4) is 0 Å². The topological polar surface area (TPSA) is 92.6 Å². The zero-order valence-corrected chi connectivity index (χ0v) is 11.2.